The van der Waals surface area contributed by atoms with Crippen LogP contribution in [0.25, 0.3) is 10.8 Å². The maximum atomic E-state index is 12.3. The van der Waals surface area contributed by atoms with E-state index in [1.165, 1.54) is 4.57 Å². The number of hydrogen-bond acceptors (Lipinski definition) is 3. The molecule has 1 aromatic carbocycles. The lowest BCUT2D eigenvalue weighted by Crippen LogP contribution is -2.32. The van der Waals surface area contributed by atoms with Crippen molar-refractivity contribution in [3.8, 4) is 0 Å². The van der Waals surface area contributed by atoms with Gasteiger partial charge in [-0.3, -0.25) is 9.36 Å². The van der Waals surface area contributed by atoms with Crippen molar-refractivity contribution in [1.29, 1.82) is 0 Å². The van der Waals surface area contributed by atoms with Crippen molar-refractivity contribution in [3.63, 3.8) is 0 Å². The van der Waals surface area contributed by atoms with E-state index in [-0.39, 0.29) is 16.3 Å². The van der Waals surface area contributed by atoms with Gasteiger partial charge in [-0.15, -0.1) is 0 Å². The predicted octanol–water partition coefficient (Wildman–Crippen LogP) is 1.49. The van der Waals surface area contributed by atoms with Crippen LogP contribution in [0.2, 0.25) is 0 Å². The lowest BCUT2D eigenvalue weighted by Gasteiger charge is -2.21. The van der Waals surface area contributed by atoms with Crippen molar-refractivity contribution >= 4 is 20.6 Å². The molecule has 0 amide bonds. The molecule has 1 aromatic heterocycles. The van der Waals surface area contributed by atoms with E-state index in [1.54, 1.807) is 25.1 Å². The summed E-state index contributed by atoms with van der Waals surface area (Å²) in [6, 6.07) is 7.17. The topological polar surface area (TPSA) is 56.1 Å². The zero-order valence-electron chi connectivity index (χ0n) is 10.0. The highest BCUT2D eigenvalue weighted by atomic mass is 32.2. The second-order valence-corrected chi connectivity index (χ2v) is 6.63. The lowest BCUT2D eigenvalue weighted by atomic mass is 10.1. The smallest absolute Gasteiger partial charge is 0.259 e. The number of hydrogen-bond donors (Lipinski definition) is 0. The van der Waals surface area contributed by atoms with Crippen LogP contribution >= 0.6 is 0 Å². The Morgan fingerprint density at radius 1 is 1.17 bits per heavy atom. The van der Waals surface area contributed by atoms with E-state index in [0.29, 0.717) is 23.9 Å². The van der Waals surface area contributed by atoms with Crippen molar-refractivity contribution in [2.75, 3.05) is 5.75 Å². The summed E-state index contributed by atoms with van der Waals surface area (Å²) in [5.41, 5.74) is 0.486. The fourth-order valence-corrected chi connectivity index (χ4v) is 4.45. The Kier molecular flexibility index (Phi) is 2.35. The van der Waals surface area contributed by atoms with Crippen LogP contribution in [0.5, 0.6) is 0 Å². The summed E-state index contributed by atoms with van der Waals surface area (Å²) in [4.78, 5) is 12.3. The Hall–Kier alpha value is -1.62. The largest absolute Gasteiger partial charge is 0.298 e. The first-order chi connectivity index (χ1) is 8.52. The summed E-state index contributed by atoms with van der Waals surface area (Å²) in [7, 11) is -3.32. The third-order valence-electron chi connectivity index (χ3n) is 3.46. The molecule has 0 saturated carbocycles. The van der Waals surface area contributed by atoms with E-state index in [9.17, 15) is 13.2 Å². The molecule has 18 heavy (non-hydrogen) atoms. The second-order valence-electron chi connectivity index (χ2n) is 4.60. The van der Waals surface area contributed by atoms with E-state index in [2.05, 4.69) is 0 Å². The van der Waals surface area contributed by atoms with Gasteiger partial charge in [0.15, 0.2) is 9.84 Å². The zero-order chi connectivity index (χ0) is 12.9. The Bertz CT molecular complexity index is 803. The number of aryl methyl sites for hydroxylation is 1. The first kappa shape index (κ1) is 11.5. The molecule has 1 aliphatic heterocycles. The van der Waals surface area contributed by atoms with Gasteiger partial charge in [0.2, 0.25) is 0 Å². The number of nitrogens with zero attached hydrogens (tertiary/aromatic N) is 1. The van der Waals surface area contributed by atoms with E-state index in [0.717, 1.165) is 5.39 Å². The van der Waals surface area contributed by atoms with Crippen molar-refractivity contribution in [2.45, 2.75) is 24.9 Å². The molecule has 2 heterocycles. The molecule has 0 N–H and O–H groups in total. The van der Waals surface area contributed by atoms with E-state index >= 15 is 0 Å². The predicted molar refractivity (Wildman–Crippen MR) is 69.6 cm³/mol. The molecule has 0 fully saturated rings. The van der Waals surface area contributed by atoms with Gasteiger partial charge in [0.1, 0.15) is 5.03 Å². The van der Waals surface area contributed by atoms with Crippen LogP contribution in [-0.4, -0.2) is 18.7 Å². The number of benzene rings is 1. The van der Waals surface area contributed by atoms with Crippen molar-refractivity contribution in [3.05, 3.63) is 40.2 Å². The number of fused-ring (bicyclic) bond motifs is 2. The maximum absolute atomic E-state index is 12.3. The standard InChI is InChI=1S/C13H13NO3S/c1-9-10-5-2-3-6-11(10)12(15)14-7-4-8-18(16,17)13(9)14/h2-3,5-6H,4,7-8H2,1H3. The van der Waals surface area contributed by atoms with Gasteiger partial charge in [0.25, 0.3) is 5.56 Å². The summed E-state index contributed by atoms with van der Waals surface area (Å²) in [5.74, 6) is 0.131. The Balaban J connectivity index is 2.60. The van der Waals surface area contributed by atoms with Crippen molar-refractivity contribution < 1.29 is 8.42 Å². The molecule has 0 bridgehead atoms. The molecule has 4 nitrogen and oxygen atoms in total. The average Bonchev–Trinajstić information content (AvgIpc) is 2.35. The van der Waals surface area contributed by atoms with Crippen LogP contribution in [0.3, 0.4) is 0 Å². The molecule has 0 atom stereocenters. The Morgan fingerprint density at radius 3 is 2.56 bits per heavy atom. The first-order valence-electron chi connectivity index (χ1n) is 5.87. The van der Waals surface area contributed by atoms with Crippen molar-refractivity contribution in [2.24, 2.45) is 0 Å². The van der Waals surface area contributed by atoms with Crippen LogP contribution in [0.4, 0.5) is 0 Å². The average molecular weight is 263 g/mol. The highest BCUT2D eigenvalue weighted by Gasteiger charge is 2.28. The monoisotopic (exact) mass is 263 g/mol. The molecule has 0 unspecified atom stereocenters. The minimum Gasteiger partial charge on any atom is -0.298 e. The van der Waals surface area contributed by atoms with Gasteiger partial charge in [-0.05, 0) is 30.4 Å². The minimum atomic E-state index is -3.32. The minimum absolute atomic E-state index is 0.131. The highest BCUT2D eigenvalue weighted by Crippen LogP contribution is 2.26. The van der Waals surface area contributed by atoms with E-state index in [1.807, 2.05) is 6.07 Å². The van der Waals surface area contributed by atoms with Gasteiger partial charge >= 0.3 is 0 Å². The third-order valence-corrected chi connectivity index (χ3v) is 5.40. The summed E-state index contributed by atoms with van der Waals surface area (Å²) < 4.78 is 25.7. The molecule has 0 radical (unpaired) electrons. The molecule has 2 aromatic rings. The number of sulfone groups is 1. The summed E-state index contributed by atoms with van der Waals surface area (Å²) in [5, 5.41) is 1.53. The van der Waals surface area contributed by atoms with E-state index < -0.39 is 9.84 Å². The third kappa shape index (κ3) is 1.43. The van der Waals surface area contributed by atoms with Crippen molar-refractivity contribution in [1.82, 2.24) is 4.57 Å². The number of pyridine rings is 1. The van der Waals surface area contributed by atoms with Gasteiger partial charge in [-0.1, -0.05) is 18.2 Å². The molecule has 0 spiro atoms. The molecule has 3 rings (SSSR count). The molecule has 94 valence electrons. The van der Waals surface area contributed by atoms with Gasteiger partial charge in [-0.2, -0.15) is 0 Å². The molecule has 1 aliphatic rings. The fourth-order valence-electron chi connectivity index (χ4n) is 2.67. The zero-order valence-corrected chi connectivity index (χ0v) is 10.8. The lowest BCUT2D eigenvalue weighted by molar-refractivity contribution is 0.524. The van der Waals surface area contributed by atoms with Crippen LogP contribution in [0, 0.1) is 6.92 Å². The first-order valence-corrected chi connectivity index (χ1v) is 7.52. The quantitative estimate of drug-likeness (QED) is 0.723. The normalized spacial score (nSPS) is 17.6. The molecule has 0 aliphatic carbocycles. The summed E-state index contributed by atoms with van der Waals surface area (Å²) >= 11 is 0. The maximum Gasteiger partial charge on any atom is 0.259 e. The van der Waals surface area contributed by atoms with Crippen LogP contribution in [-0.2, 0) is 16.4 Å². The fraction of sp³-hybridized carbons (Fsp3) is 0.308. The summed E-state index contributed by atoms with van der Waals surface area (Å²) in [6.07, 6.45) is 0.507. The Labute approximate surface area is 105 Å². The van der Waals surface area contributed by atoms with Crippen LogP contribution < -0.4 is 5.56 Å². The number of aromatic nitrogens is 1. The highest BCUT2D eigenvalue weighted by molar-refractivity contribution is 7.91. The van der Waals surface area contributed by atoms with Crippen LogP contribution in [0.15, 0.2) is 34.1 Å². The Morgan fingerprint density at radius 2 is 1.83 bits per heavy atom. The SMILES string of the molecule is Cc1c2n(c(=O)c3ccccc13)CCCS2(=O)=O. The second kappa shape index (κ2) is 3.68. The van der Waals surface area contributed by atoms with Gasteiger partial charge in [0.05, 0.1) is 5.75 Å². The molecule has 0 saturated heterocycles. The van der Waals surface area contributed by atoms with Crippen LogP contribution in [0.1, 0.15) is 12.0 Å². The molecular formula is C13H13NO3S. The number of rotatable bonds is 0. The van der Waals surface area contributed by atoms with Gasteiger partial charge in [-0.25, -0.2) is 8.42 Å². The molecule has 5 heteroatoms. The van der Waals surface area contributed by atoms with E-state index in [4.69, 9.17) is 0 Å². The van der Waals surface area contributed by atoms with Gasteiger partial charge in [0, 0.05) is 11.9 Å². The summed E-state index contributed by atoms with van der Waals surface area (Å²) in [6.45, 7) is 2.26. The van der Waals surface area contributed by atoms with Gasteiger partial charge < -0.3 is 0 Å². The molecular weight excluding hydrogens is 250 g/mol.